The molecule has 0 saturated carbocycles. The monoisotopic (exact) mass is 447 g/mol. The number of halogens is 3. The van der Waals surface area contributed by atoms with Gasteiger partial charge >= 0.3 is 0 Å². The topological polar surface area (TPSA) is 49.9 Å². The van der Waals surface area contributed by atoms with Crippen molar-refractivity contribution in [3.8, 4) is 0 Å². The van der Waals surface area contributed by atoms with Crippen LogP contribution in [0.3, 0.4) is 0 Å². The summed E-state index contributed by atoms with van der Waals surface area (Å²) in [6.45, 7) is 2.88. The third kappa shape index (κ3) is 4.44. The summed E-state index contributed by atoms with van der Waals surface area (Å²) < 4.78 is 26.4. The molecule has 3 rings (SSSR count). The maximum absolute atomic E-state index is 12.9. The van der Waals surface area contributed by atoms with E-state index in [-0.39, 0.29) is 23.1 Å². The Hall–Kier alpha value is -1.24. The molecule has 1 N–H and O–H groups in total. The number of benzene rings is 2. The first-order chi connectivity index (χ1) is 12.1. The summed E-state index contributed by atoms with van der Waals surface area (Å²) in [5.74, 6) is -0.113. The number of H-pyrrole nitrogens is 1. The van der Waals surface area contributed by atoms with Crippen LogP contribution in [0.25, 0.3) is 10.9 Å². The highest BCUT2D eigenvalue weighted by Crippen LogP contribution is 2.37. The van der Waals surface area contributed by atoms with Crippen LogP contribution in [0.4, 0.5) is 5.69 Å². The van der Waals surface area contributed by atoms with E-state index < -0.39 is 9.84 Å². The Morgan fingerprint density at radius 2 is 1.59 bits per heavy atom. The highest BCUT2D eigenvalue weighted by molar-refractivity contribution is 7.90. The number of hydrogen-bond donors (Lipinski definition) is 1. The molecule has 0 spiro atoms. The van der Waals surface area contributed by atoms with Crippen LogP contribution in [0, 0.1) is 0 Å². The number of rotatable bonds is 5. The minimum absolute atomic E-state index is 0. The lowest BCUT2D eigenvalue weighted by atomic mass is 10.2. The molecule has 0 radical (unpaired) electrons. The van der Waals surface area contributed by atoms with Crippen molar-refractivity contribution in [2.24, 2.45) is 0 Å². The van der Waals surface area contributed by atoms with Crippen LogP contribution in [0.5, 0.6) is 0 Å². The molecule has 0 fully saturated rings. The second-order valence-corrected chi connectivity index (χ2v) is 9.72. The van der Waals surface area contributed by atoms with E-state index >= 15 is 0 Å². The molecule has 27 heavy (non-hydrogen) atoms. The van der Waals surface area contributed by atoms with E-state index in [9.17, 15) is 8.42 Å². The summed E-state index contributed by atoms with van der Waals surface area (Å²) in [5, 5.41) is 2.08. The smallest absolute Gasteiger partial charge is 0.184 e. The van der Waals surface area contributed by atoms with Crippen LogP contribution in [-0.4, -0.2) is 34.0 Å². The zero-order valence-electron chi connectivity index (χ0n) is 15.3. The summed E-state index contributed by atoms with van der Waals surface area (Å²) >= 11 is 12.1. The van der Waals surface area contributed by atoms with Gasteiger partial charge in [0.2, 0.25) is 0 Å². The van der Waals surface area contributed by atoms with E-state index in [1.54, 1.807) is 18.2 Å². The molecule has 2 aromatic carbocycles. The molecule has 1 heterocycles. The summed E-state index contributed by atoms with van der Waals surface area (Å²) in [6, 6.07) is 11.8. The highest BCUT2D eigenvalue weighted by atomic mass is 35.5. The van der Waals surface area contributed by atoms with Gasteiger partial charge in [0, 0.05) is 10.0 Å². The Kier molecular flexibility index (Phi) is 6.55. The number of hydrogen-bond acceptors (Lipinski definition) is 2. The van der Waals surface area contributed by atoms with Crippen LogP contribution >= 0.6 is 35.6 Å². The van der Waals surface area contributed by atoms with Crippen molar-refractivity contribution in [1.29, 1.82) is 0 Å². The number of fused-ring (bicyclic) bond motifs is 1. The Morgan fingerprint density at radius 3 is 2.19 bits per heavy atom. The average Bonchev–Trinajstić information content (AvgIpc) is 2.92. The molecule has 0 aliphatic heterocycles. The van der Waals surface area contributed by atoms with E-state index in [1.807, 2.05) is 12.1 Å². The number of sulfone groups is 1. The molecule has 0 bridgehead atoms. The lowest BCUT2D eigenvalue weighted by molar-refractivity contribution is 0.421. The van der Waals surface area contributed by atoms with Gasteiger partial charge in [-0.1, -0.05) is 23.2 Å². The summed E-state index contributed by atoms with van der Waals surface area (Å²) in [5.41, 5.74) is 2.51. The molecule has 3 aromatic rings. The first-order valence-electron chi connectivity index (χ1n) is 8.26. The minimum Gasteiger partial charge on any atom is -0.353 e. The first-order valence-corrected chi connectivity index (χ1v) is 10.7. The zero-order valence-corrected chi connectivity index (χ0v) is 18.4. The van der Waals surface area contributed by atoms with Gasteiger partial charge in [-0.3, -0.25) is 4.48 Å². The molecule has 0 unspecified atom stereocenters. The van der Waals surface area contributed by atoms with Gasteiger partial charge in [0.05, 0.1) is 42.1 Å². The van der Waals surface area contributed by atoms with Crippen molar-refractivity contribution in [2.75, 3.05) is 20.6 Å². The van der Waals surface area contributed by atoms with Gasteiger partial charge in [-0.05, 0) is 49.4 Å². The molecule has 146 valence electrons. The fourth-order valence-electron chi connectivity index (χ4n) is 3.07. The highest BCUT2D eigenvalue weighted by Gasteiger charge is 2.30. The van der Waals surface area contributed by atoms with Crippen molar-refractivity contribution in [2.45, 2.75) is 17.6 Å². The molecule has 0 saturated heterocycles. The Bertz CT molecular complexity index is 1060. The van der Waals surface area contributed by atoms with E-state index in [0.29, 0.717) is 20.2 Å². The molecule has 8 heteroatoms. The van der Waals surface area contributed by atoms with Crippen molar-refractivity contribution in [3.05, 3.63) is 58.2 Å². The maximum Gasteiger partial charge on any atom is 0.184 e. The summed E-state index contributed by atoms with van der Waals surface area (Å²) in [6.07, 6.45) is 0. The van der Waals surface area contributed by atoms with E-state index in [2.05, 4.69) is 26.0 Å². The number of nitrogens with zero attached hydrogens (tertiary/aromatic N) is 1. The quantitative estimate of drug-likeness (QED) is 0.527. The van der Waals surface area contributed by atoms with Gasteiger partial charge in [-0.2, -0.15) is 0 Å². The second-order valence-electron chi connectivity index (χ2n) is 6.86. The molecular weight excluding hydrogens is 427 g/mol. The molecule has 0 aliphatic carbocycles. The molecule has 0 atom stereocenters. The van der Waals surface area contributed by atoms with Gasteiger partial charge in [-0.25, -0.2) is 8.42 Å². The van der Waals surface area contributed by atoms with Crippen molar-refractivity contribution in [1.82, 2.24) is 9.47 Å². The van der Waals surface area contributed by atoms with Crippen LogP contribution < -0.4 is 4.48 Å². The largest absolute Gasteiger partial charge is 0.353 e. The van der Waals surface area contributed by atoms with Gasteiger partial charge in [0.15, 0.2) is 15.5 Å². The fourth-order valence-corrected chi connectivity index (χ4v) is 4.68. The lowest BCUT2D eigenvalue weighted by Crippen LogP contribution is -2.40. The molecule has 4 nitrogen and oxygen atoms in total. The van der Waals surface area contributed by atoms with Gasteiger partial charge < -0.3 is 4.98 Å². The molecule has 0 amide bonds. The molecule has 0 aliphatic rings. The average molecular weight is 449 g/mol. The van der Waals surface area contributed by atoms with Gasteiger partial charge in [0.1, 0.15) is 5.75 Å². The number of aromatic nitrogens is 1. The van der Waals surface area contributed by atoms with E-state index in [0.717, 1.165) is 23.1 Å². The third-order valence-corrected chi connectivity index (χ3v) is 6.86. The minimum atomic E-state index is -3.51. The van der Waals surface area contributed by atoms with Crippen LogP contribution in [0.2, 0.25) is 10.0 Å². The maximum atomic E-state index is 12.9. The predicted octanol–water partition coefficient (Wildman–Crippen LogP) is 5.46. The van der Waals surface area contributed by atoms with Gasteiger partial charge in [-0.15, -0.1) is 12.4 Å². The number of quaternary nitrogens is 1. The fraction of sp³-hybridized carbons (Fsp3) is 0.263. The summed E-state index contributed by atoms with van der Waals surface area (Å²) in [7, 11) is 0.603. The number of aromatic amines is 1. The zero-order chi connectivity index (χ0) is 19.1. The van der Waals surface area contributed by atoms with Gasteiger partial charge in [0.25, 0.3) is 0 Å². The predicted molar refractivity (Wildman–Crippen MR) is 117 cm³/mol. The summed E-state index contributed by atoms with van der Waals surface area (Å²) in [4.78, 5) is 3.55. The lowest BCUT2D eigenvalue weighted by Gasteiger charge is -2.28. The van der Waals surface area contributed by atoms with Crippen molar-refractivity contribution >= 4 is 62.0 Å². The molecule has 1 aromatic heterocycles. The SMILES string of the molecule is CC[N+](C)(C)c1c(CS(=O)(=O)c2ccc(Cl)cc2)[nH]c2ccc(Cl)cc12.Cl. The van der Waals surface area contributed by atoms with Crippen LogP contribution in [0.1, 0.15) is 12.6 Å². The Morgan fingerprint density at radius 1 is 1.00 bits per heavy atom. The Labute approximate surface area is 176 Å². The van der Waals surface area contributed by atoms with Crippen LogP contribution in [-0.2, 0) is 15.6 Å². The standard InChI is InChI=1S/C19H21Cl2N2O2S.ClH/c1-4-23(2,3)19-16-11-14(21)7-10-17(16)22-18(19)12-26(24,25)15-8-5-13(20)6-9-15;/h5-11,22H,4,12H2,1-3H3;1H/q+1;. The second kappa shape index (κ2) is 8.02. The normalized spacial score (nSPS) is 12.2. The number of nitrogens with one attached hydrogen (secondary N) is 1. The molecular formula is C19H22Cl3N2O2S+. The Balaban J connectivity index is 0.00000261. The van der Waals surface area contributed by atoms with Crippen molar-refractivity contribution < 1.29 is 8.42 Å². The first kappa shape index (κ1) is 22.1. The van der Waals surface area contributed by atoms with Crippen LogP contribution in [0.15, 0.2) is 47.4 Å². The van der Waals surface area contributed by atoms with E-state index in [1.165, 1.54) is 12.1 Å². The van der Waals surface area contributed by atoms with Crippen molar-refractivity contribution in [3.63, 3.8) is 0 Å². The third-order valence-electron chi connectivity index (χ3n) is 4.71. The van der Waals surface area contributed by atoms with E-state index in [4.69, 9.17) is 23.2 Å².